The van der Waals surface area contributed by atoms with Crippen LogP contribution in [0.3, 0.4) is 0 Å². The molecule has 0 aromatic carbocycles. The third-order valence-corrected chi connectivity index (χ3v) is 4.15. The van der Waals surface area contributed by atoms with Crippen molar-refractivity contribution in [3.05, 3.63) is 33.7 Å². The molecule has 3 N–H and O–H groups in total. The molecule has 0 bridgehead atoms. The SMILES string of the molecule is Cc1ccc(C(=O)NCC2(C(=O)O)CCCCC2)c(=O)[nH]1. The van der Waals surface area contributed by atoms with Gasteiger partial charge in [0.25, 0.3) is 11.5 Å². The first-order chi connectivity index (χ1) is 9.94. The number of aromatic amines is 1. The summed E-state index contributed by atoms with van der Waals surface area (Å²) in [5, 5.41) is 12.1. The number of amides is 1. The summed E-state index contributed by atoms with van der Waals surface area (Å²) in [6.45, 7) is 1.79. The van der Waals surface area contributed by atoms with Crippen molar-refractivity contribution in [2.75, 3.05) is 6.54 Å². The number of carboxylic acids is 1. The Bertz CT molecular complexity index is 600. The molecule has 0 saturated heterocycles. The lowest BCUT2D eigenvalue weighted by molar-refractivity contribution is -0.150. The van der Waals surface area contributed by atoms with Gasteiger partial charge in [0.2, 0.25) is 0 Å². The van der Waals surface area contributed by atoms with Crippen LogP contribution in [-0.2, 0) is 4.79 Å². The van der Waals surface area contributed by atoms with E-state index in [4.69, 9.17) is 0 Å². The Morgan fingerprint density at radius 2 is 1.95 bits per heavy atom. The molecular formula is C15H20N2O4. The van der Waals surface area contributed by atoms with Gasteiger partial charge < -0.3 is 15.4 Å². The molecule has 114 valence electrons. The summed E-state index contributed by atoms with van der Waals surface area (Å²) in [7, 11) is 0. The zero-order valence-electron chi connectivity index (χ0n) is 12.1. The molecule has 0 unspecified atom stereocenters. The fourth-order valence-electron chi connectivity index (χ4n) is 2.79. The van der Waals surface area contributed by atoms with Crippen LogP contribution in [0.2, 0.25) is 0 Å². The summed E-state index contributed by atoms with van der Waals surface area (Å²) in [6.07, 6.45) is 3.86. The predicted molar refractivity (Wildman–Crippen MR) is 77.3 cm³/mol. The second-order valence-corrected chi connectivity index (χ2v) is 5.71. The molecule has 1 aromatic heterocycles. The molecule has 1 aliphatic rings. The molecule has 6 heteroatoms. The molecule has 0 aliphatic heterocycles. The summed E-state index contributed by atoms with van der Waals surface area (Å²) in [4.78, 5) is 37.8. The third-order valence-electron chi connectivity index (χ3n) is 4.15. The van der Waals surface area contributed by atoms with Crippen molar-refractivity contribution in [1.29, 1.82) is 0 Å². The molecule has 6 nitrogen and oxygen atoms in total. The fourth-order valence-corrected chi connectivity index (χ4v) is 2.79. The number of pyridine rings is 1. The lowest BCUT2D eigenvalue weighted by Gasteiger charge is -2.33. The van der Waals surface area contributed by atoms with Gasteiger partial charge >= 0.3 is 5.97 Å². The van der Waals surface area contributed by atoms with Crippen LogP contribution in [-0.4, -0.2) is 28.5 Å². The smallest absolute Gasteiger partial charge is 0.311 e. The second kappa shape index (κ2) is 6.11. The normalized spacial score (nSPS) is 17.2. The van der Waals surface area contributed by atoms with Gasteiger partial charge in [-0.05, 0) is 31.9 Å². The molecule has 1 aromatic rings. The average molecular weight is 292 g/mol. The van der Waals surface area contributed by atoms with Gasteiger partial charge in [-0.25, -0.2) is 0 Å². The maximum Gasteiger partial charge on any atom is 0.311 e. The van der Waals surface area contributed by atoms with Crippen LogP contribution < -0.4 is 10.9 Å². The van der Waals surface area contributed by atoms with E-state index in [1.807, 2.05) is 0 Å². The quantitative estimate of drug-likeness (QED) is 0.782. The minimum atomic E-state index is -0.897. The fraction of sp³-hybridized carbons (Fsp3) is 0.533. The van der Waals surface area contributed by atoms with E-state index in [1.54, 1.807) is 13.0 Å². The third kappa shape index (κ3) is 3.32. The van der Waals surface area contributed by atoms with Crippen LogP contribution >= 0.6 is 0 Å². The number of carbonyl (C=O) groups excluding carboxylic acids is 1. The molecule has 0 spiro atoms. The van der Waals surface area contributed by atoms with Gasteiger partial charge in [-0.2, -0.15) is 0 Å². The van der Waals surface area contributed by atoms with Crippen molar-refractivity contribution in [1.82, 2.24) is 10.3 Å². The van der Waals surface area contributed by atoms with E-state index in [0.29, 0.717) is 18.5 Å². The van der Waals surface area contributed by atoms with Gasteiger partial charge in [0.15, 0.2) is 0 Å². The number of aromatic nitrogens is 1. The Labute approximate surface area is 122 Å². The molecule has 21 heavy (non-hydrogen) atoms. The average Bonchev–Trinajstić information content (AvgIpc) is 2.45. The largest absolute Gasteiger partial charge is 0.481 e. The van der Waals surface area contributed by atoms with Crippen LogP contribution in [0, 0.1) is 12.3 Å². The van der Waals surface area contributed by atoms with Crippen LogP contribution in [0.15, 0.2) is 16.9 Å². The first-order valence-corrected chi connectivity index (χ1v) is 7.16. The number of carbonyl (C=O) groups is 2. The Hall–Kier alpha value is -2.11. The lowest BCUT2D eigenvalue weighted by Crippen LogP contribution is -2.45. The van der Waals surface area contributed by atoms with E-state index < -0.39 is 22.9 Å². The highest BCUT2D eigenvalue weighted by Crippen LogP contribution is 2.36. The van der Waals surface area contributed by atoms with E-state index in [2.05, 4.69) is 10.3 Å². The number of hydrogen-bond acceptors (Lipinski definition) is 3. The number of hydrogen-bond donors (Lipinski definition) is 3. The molecule has 1 amide bonds. The topological polar surface area (TPSA) is 99.3 Å². The molecule has 1 saturated carbocycles. The van der Waals surface area contributed by atoms with Gasteiger partial charge in [-0.3, -0.25) is 14.4 Å². The van der Waals surface area contributed by atoms with Crippen molar-refractivity contribution < 1.29 is 14.7 Å². The molecule has 1 fully saturated rings. The predicted octanol–water partition coefficient (Wildman–Crippen LogP) is 1.45. The maximum atomic E-state index is 12.1. The van der Waals surface area contributed by atoms with E-state index in [-0.39, 0.29) is 12.1 Å². The zero-order valence-corrected chi connectivity index (χ0v) is 12.1. The Morgan fingerprint density at radius 3 is 2.52 bits per heavy atom. The second-order valence-electron chi connectivity index (χ2n) is 5.71. The van der Waals surface area contributed by atoms with Crippen LogP contribution in [0.1, 0.15) is 48.2 Å². The monoisotopic (exact) mass is 292 g/mol. The number of carboxylic acid groups (broad SMARTS) is 1. The van der Waals surface area contributed by atoms with Crippen LogP contribution in [0.5, 0.6) is 0 Å². The van der Waals surface area contributed by atoms with Gasteiger partial charge in [0, 0.05) is 12.2 Å². The van der Waals surface area contributed by atoms with Crippen molar-refractivity contribution in [3.8, 4) is 0 Å². The molecule has 1 heterocycles. The highest BCUT2D eigenvalue weighted by Gasteiger charge is 2.39. The van der Waals surface area contributed by atoms with Crippen molar-refractivity contribution in [3.63, 3.8) is 0 Å². The molecular weight excluding hydrogens is 272 g/mol. The molecule has 1 aliphatic carbocycles. The number of aryl methyl sites for hydroxylation is 1. The van der Waals surface area contributed by atoms with Crippen molar-refractivity contribution in [2.24, 2.45) is 5.41 Å². The zero-order chi connectivity index (χ0) is 15.5. The summed E-state index contributed by atoms with van der Waals surface area (Å²) >= 11 is 0. The van der Waals surface area contributed by atoms with E-state index in [0.717, 1.165) is 19.3 Å². The number of aliphatic carboxylic acids is 1. The lowest BCUT2D eigenvalue weighted by atomic mass is 9.74. The van der Waals surface area contributed by atoms with Gasteiger partial charge in [0.05, 0.1) is 5.41 Å². The Kier molecular flexibility index (Phi) is 4.45. The number of H-pyrrole nitrogens is 1. The first-order valence-electron chi connectivity index (χ1n) is 7.16. The molecule has 0 atom stereocenters. The van der Waals surface area contributed by atoms with E-state index in [9.17, 15) is 19.5 Å². The van der Waals surface area contributed by atoms with Crippen LogP contribution in [0.4, 0.5) is 0 Å². The van der Waals surface area contributed by atoms with Gasteiger partial charge in [-0.15, -0.1) is 0 Å². The number of nitrogens with one attached hydrogen (secondary N) is 2. The Balaban J connectivity index is 2.08. The van der Waals surface area contributed by atoms with Gasteiger partial charge in [-0.1, -0.05) is 19.3 Å². The van der Waals surface area contributed by atoms with E-state index in [1.165, 1.54) is 6.07 Å². The van der Waals surface area contributed by atoms with Gasteiger partial charge in [0.1, 0.15) is 5.56 Å². The highest BCUT2D eigenvalue weighted by atomic mass is 16.4. The van der Waals surface area contributed by atoms with Crippen molar-refractivity contribution in [2.45, 2.75) is 39.0 Å². The summed E-state index contributed by atoms with van der Waals surface area (Å²) in [6, 6.07) is 3.10. The standard InChI is InChI=1S/C15H20N2O4/c1-10-5-6-11(13(19)17-10)12(18)16-9-15(14(20)21)7-3-2-4-8-15/h5-6H,2-4,7-9H2,1H3,(H,16,18)(H,17,19)(H,20,21). The first kappa shape index (κ1) is 15.3. The van der Waals surface area contributed by atoms with E-state index >= 15 is 0 Å². The summed E-state index contributed by atoms with van der Waals surface area (Å²) in [5.41, 5.74) is -0.672. The Morgan fingerprint density at radius 1 is 1.29 bits per heavy atom. The maximum absolute atomic E-state index is 12.1. The van der Waals surface area contributed by atoms with Crippen molar-refractivity contribution >= 4 is 11.9 Å². The summed E-state index contributed by atoms with van der Waals surface area (Å²) in [5.74, 6) is -1.40. The van der Waals surface area contributed by atoms with Crippen LogP contribution in [0.25, 0.3) is 0 Å². The number of rotatable bonds is 4. The minimum absolute atomic E-state index is 0.0111. The highest BCUT2D eigenvalue weighted by molar-refractivity contribution is 5.94. The molecule has 0 radical (unpaired) electrons. The summed E-state index contributed by atoms with van der Waals surface area (Å²) < 4.78 is 0. The molecule has 2 rings (SSSR count). The minimum Gasteiger partial charge on any atom is -0.481 e.